The molecule has 0 bridgehead atoms. The van der Waals surface area contributed by atoms with Gasteiger partial charge in [0, 0.05) is 46.3 Å². The summed E-state index contributed by atoms with van der Waals surface area (Å²) in [6.07, 6.45) is 4.03. The molecule has 1 unspecified atom stereocenters. The molecule has 3 aliphatic rings. The van der Waals surface area contributed by atoms with Crippen LogP contribution in [0.25, 0.3) is 39.1 Å². The number of morpholine rings is 1. The van der Waals surface area contributed by atoms with Crippen LogP contribution in [0.4, 0.5) is 5.69 Å². The predicted octanol–water partition coefficient (Wildman–Crippen LogP) is 9.93. The number of hydrogen-bond acceptors (Lipinski definition) is 9. The highest BCUT2D eigenvalue weighted by Gasteiger charge is 2.45. The third kappa shape index (κ3) is 7.08. The van der Waals surface area contributed by atoms with E-state index in [0.717, 1.165) is 85.6 Å². The van der Waals surface area contributed by atoms with E-state index in [1.807, 2.05) is 42.5 Å². The molecule has 1 N–H and O–H groups in total. The highest BCUT2D eigenvalue weighted by molar-refractivity contribution is 6.10. The monoisotopic (exact) mass is 831 g/mol. The van der Waals surface area contributed by atoms with Gasteiger partial charge in [0.15, 0.2) is 17.1 Å². The number of aliphatic carboxylic acids is 1. The lowest BCUT2D eigenvalue weighted by molar-refractivity contribution is -0.148. The van der Waals surface area contributed by atoms with Gasteiger partial charge in [0.2, 0.25) is 0 Å². The Morgan fingerprint density at radius 1 is 0.742 bits per heavy atom. The molecule has 1 saturated heterocycles. The summed E-state index contributed by atoms with van der Waals surface area (Å²) in [6.45, 7) is 7.74. The summed E-state index contributed by atoms with van der Waals surface area (Å²) in [6, 6.07) is 35.5. The predicted molar refractivity (Wildman–Crippen MR) is 240 cm³/mol. The Morgan fingerprint density at radius 3 is 2.03 bits per heavy atom. The molecule has 316 valence electrons. The molecule has 2 aliphatic heterocycles. The van der Waals surface area contributed by atoms with Gasteiger partial charge in [0.05, 0.1) is 47.4 Å². The number of anilines is 1. The number of carbonyl (C=O) groups excluding carboxylic acids is 1. The highest BCUT2D eigenvalue weighted by atomic mass is 16.5. The smallest absolute Gasteiger partial charge is 0.306 e. The third-order valence-corrected chi connectivity index (χ3v) is 12.6. The number of benzene rings is 6. The molecule has 0 saturated carbocycles. The van der Waals surface area contributed by atoms with Gasteiger partial charge in [0.1, 0.15) is 18.1 Å². The fourth-order valence-corrected chi connectivity index (χ4v) is 9.28. The van der Waals surface area contributed by atoms with Crippen molar-refractivity contribution in [3.63, 3.8) is 0 Å². The fourth-order valence-electron chi connectivity index (χ4n) is 9.28. The highest BCUT2D eigenvalue weighted by Crippen LogP contribution is 2.59. The molecule has 10 nitrogen and oxygen atoms in total. The topological polar surface area (TPSA) is 113 Å². The van der Waals surface area contributed by atoms with Crippen molar-refractivity contribution in [3.8, 4) is 45.3 Å². The summed E-state index contributed by atoms with van der Waals surface area (Å²) in [7, 11) is 4.99. The van der Waals surface area contributed by atoms with Crippen molar-refractivity contribution >= 4 is 34.5 Å². The minimum Gasteiger partial charge on any atom is -0.497 e. The maximum absolute atomic E-state index is 12.0. The number of esters is 1. The zero-order chi connectivity index (χ0) is 43.2. The number of methoxy groups -OCH3 is 3. The molecular formula is C52H49NO9. The molecule has 1 atom stereocenters. The lowest BCUT2D eigenvalue weighted by atomic mass is 9.76. The normalized spacial score (nSPS) is 17.1. The maximum atomic E-state index is 12.0. The SMILES string of the molecule is COc1ccc(C2(c3ccc(N4CCOCC4)cc3)C=Cc3c4c(c5cc(OC)c(OC)cc5c3O2)-c2ccc(-c3ccc(COC(=O)CCC(=O)O)cc3)cc2C4(C)C)cc1. The van der Waals surface area contributed by atoms with Crippen molar-refractivity contribution in [2.75, 3.05) is 52.5 Å². The molecule has 62 heavy (non-hydrogen) atoms. The molecule has 9 rings (SSSR count). The number of ether oxygens (including phenoxy) is 6. The Kier molecular flexibility index (Phi) is 10.6. The van der Waals surface area contributed by atoms with Crippen molar-refractivity contribution < 1.29 is 43.1 Å². The van der Waals surface area contributed by atoms with Crippen LogP contribution in [0, 0.1) is 0 Å². The van der Waals surface area contributed by atoms with Crippen molar-refractivity contribution in [1.29, 1.82) is 0 Å². The van der Waals surface area contributed by atoms with Crippen LogP contribution in [0.2, 0.25) is 0 Å². The Morgan fingerprint density at radius 2 is 1.39 bits per heavy atom. The minimum absolute atomic E-state index is 0.0762. The third-order valence-electron chi connectivity index (χ3n) is 12.6. The molecule has 6 aromatic rings. The van der Waals surface area contributed by atoms with Crippen LogP contribution in [0.3, 0.4) is 0 Å². The molecule has 0 radical (unpaired) electrons. The first-order valence-electron chi connectivity index (χ1n) is 20.9. The Labute approximate surface area is 361 Å². The first kappa shape index (κ1) is 40.6. The van der Waals surface area contributed by atoms with Gasteiger partial charge in [-0.3, -0.25) is 9.59 Å². The van der Waals surface area contributed by atoms with Crippen LogP contribution in [0.1, 0.15) is 60.1 Å². The van der Waals surface area contributed by atoms with E-state index in [9.17, 15) is 9.59 Å². The van der Waals surface area contributed by atoms with Gasteiger partial charge < -0.3 is 38.4 Å². The number of carboxylic acids is 1. The number of fused-ring (bicyclic) bond motifs is 8. The number of nitrogens with zero attached hydrogens (tertiary/aromatic N) is 1. The zero-order valence-corrected chi connectivity index (χ0v) is 35.6. The lowest BCUT2D eigenvalue weighted by Crippen LogP contribution is -2.37. The minimum atomic E-state index is -1.03. The second kappa shape index (κ2) is 16.2. The standard InChI is InChI=1S/C52H49NO9/c1-51(2)43-28-34(33-8-6-32(7-9-33)31-61-47(56)21-20-46(54)55)10-19-39(43)48-41-29-44(58-4)45(59-5)30-42(41)50-40(49(48)51)22-23-52(62-50,36-13-17-38(57-3)18-14-36)35-11-15-37(16-12-35)53-24-26-60-27-25-53/h6-19,22-23,28-30H,20-21,24-27,31H2,1-5H3,(H,54,55). The molecule has 10 heteroatoms. The number of carboxylic acid groups (broad SMARTS) is 1. The van der Waals surface area contributed by atoms with E-state index in [-0.39, 0.29) is 19.4 Å². The van der Waals surface area contributed by atoms with Gasteiger partial charge in [-0.25, -0.2) is 0 Å². The zero-order valence-electron chi connectivity index (χ0n) is 35.6. The van der Waals surface area contributed by atoms with E-state index in [1.54, 1.807) is 21.3 Å². The summed E-state index contributed by atoms with van der Waals surface area (Å²) < 4.78 is 36.0. The van der Waals surface area contributed by atoms with Crippen LogP contribution in [-0.2, 0) is 36.7 Å². The maximum Gasteiger partial charge on any atom is 0.306 e. The Bertz CT molecular complexity index is 2710. The quantitative estimate of drug-likeness (QED) is 0.120. The Balaban J connectivity index is 1.16. The average Bonchev–Trinajstić information content (AvgIpc) is 3.55. The molecule has 2 heterocycles. The van der Waals surface area contributed by atoms with Crippen molar-refractivity contribution in [3.05, 3.63) is 143 Å². The number of hydrogen-bond donors (Lipinski definition) is 1. The Hall–Kier alpha value is -6.78. The molecule has 0 spiro atoms. The average molecular weight is 832 g/mol. The largest absolute Gasteiger partial charge is 0.497 e. The van der Waals surface area contributed by atoms with Crippen LogP contribution < -0.4 is 23.8 Å². The van der Waals surface area contributed by atoms with Gasteiger partial charge in [-0.05, 0) is 92.9 Å². The van der Waals surface area contributed by atoms with E-state index >= 15 is 0 Å². The summed E-state index contributed by atoms with van der Waals surface area (Å²) in [4.78, 5) is 25.2. The van der Waals surface area contributed by atoms with Crippen molar-refractivity contribution in [1.82, 2.24) is 0 Å². The van der Waals surface area contributed by atoms with E-state index in [0.29, 0.717) is 24.7 Å². The molecule has 0 amide bonds. The molecule has 1 aliphatic carbocycles. The summed E-state index contributed by atoms with van der Waals surface area (Å²) in [5.74, 6) is 1.19. The first-order valence-corrected chi connectivity index (χ1v) is 20.9. The van der Waals surface area contributed by atoms with Crippen LogP contribution in [0.15, 0.2) is 109 Å². The fraction of sp³-hybridized carbons (Fsp3) is 0.269. The molecule has 6 aromatic carbocycles. The lowest BCUT2D eigenvalue weighted by Gasteiger charge is -2.39. The first-order chi connectivity index (χ1) is 30.0. The van der Waals surface area contributed by atoms with Crippen molar-refractivity contribution in [2.24, 2.45) is 0 Å². The number of rotatable bonds is 12. The van der Waals surface area contributed by atoms with Gasteiger partial charge in [-0.15, -0.1) is 0 Å². The van der Waals surface area contributed by atoms with Crippen LogP contribution in [0.5, 0.6) is 23.0 Å². The van der Waals surface area contributed by atoms with E-state index < -0.39 is 23.0 Å². The molecule has 1 fully saturated rings. The molecule has 0 aromatic heterocycles. The summed E-state index contributed by atoms with van der Waals surface area (Å²) in [5, 5.41) is 10.8. The van der Waals surface area contributed by atoms with Crippen LogP contribution in [-0.4, -0.2) is 64.7 Å². The van der Waals surface area contributed by atoms with Gasteiger partial charge in [0.25, 0.3) is 0 Å². The summed E-state index contributed by atoms with van der Waals surface area (Å²) >= 11 is 0. The van der Waals surface area contributed by atoms with E-state index in [1.165, 1.54) is 11.1 Å². The van der Waals surface area contributed by atoms with Crippen molar-refractivity contribution in [2.45, 2.75) is 44.3 Å². The van der Waals surface area contributed by atoms with Gasteiger partial charge in [-0.1, -0.05) is 80.6 Å². The van der Waals surface area contributed by atoms with Gasteiger partial charge >= 0.3 is 11.9 Å². The van der Waals surface area contributed by atoms with E-state index in [2.05, 4.69) is 91.6 Å². The summed E-state index contributed by atoms with van der Waals surface area (Å²) in [5.41, 5.74) is 10.2. The van der Waals surface area contributed by atoms with Gasteiger partial charge in [-0.2, -0.15) is 0 Å². The number of carbonyl (C=O) groups is 2. The second-order valence-corrected chi connectivity index (χ2v) is 16.4. The molecular weight excluding hydrogens is 783 g/mol. The second-order valence-electron chi connectivity index (χ2n) is 16.4. The van der Waals surface area contributed by atoms with E-state index in [4.69, 9.17) is 33.5 Å². The van der Waals surface area contributed by atoms with Crippen LogP contribution >= 0.6 is 0 Å².